The third kappa shape index (κ3) is 0.683. The summed E-state index contributed by atoms with van der Waals surface area (Å²) in [6.45, 7) is 0. The standard InChI is InChI=1S/C3N6/c4-1-3-6-7-8-9(3)2-5. The molecule has 1 rings (SSSR count). The Hall–Kier alpha value is -1.95. The van der Waals surface area contributed by atoms with E-state index in [1.54, 1.807) is 12.3 Å². The highest BCUT2D eigenvalue weighted by molar-refractivity contribution is 5.09. The summed E-state index contributed by atoms with van der Waals surface area (Å²) in [5.74, 6) is -0.0995. The van der Waals surface area contributed by atoms with E-state index >= 15 is 0 Å². The van der Waals surface area contributed by atoms with E-state index in [4.69, 9.17) is 10.5 Å². The van der Waals surface area contributed by atoms with Crippen molar-refractivity contribution >= 4 is 0 Å². The summed E-state index contributed by atoms with van der Waals surface area (Å²) in [5, 5.41) is 25.8. The van der Waals surface area contributed by atoms with Crippen LogP contribution in [0.25, 0.3) is 0 Å². The highest BCUT2D eigenvalue weighted by atomic mass is 15.5. The smallest absolute Gasteiger partial charge is 0.189 e. The Bertz CT molecular complexity index is 255. The molecule has 0 amide bonds. The molecule has 0 saturated heterocycles. The van der Waals surface area contributed by atoms with Crippen molar-refractivity contribution in [1.29, 1.82) is 10.5 Å². The SMILES string of the molecule is N#Cc1nnnn1C#N. The van der Waals surface area contributed by atoms with E-state index < -0.39 is 0 Å². The number of nitriles is 2. The molecule has 6 nitrogen and oxygen atoms in total. The molecule has 0 aromatic carbocycles. The van der Waals surface area contributed by atoms with E-state index in [-0.39, 0.29) is 5.82 Å². The summed E-state index contributed by atoms with van der Waals surface area (Å²) in [5.41, 5.74) is 0. The second-order valence-electron chi connectivity index (χ2n) is 1.13. The topological polar surface area (TPSA) is 91.2 Å². The fraction of sp³-hybridized carbons (Fsp3) is 0. The minimum absolute atomic E-state index is 0.0995. The first-order valence-corrected chi connectivity index (χ1v) is 1.97. The van der Waals surface area contributed by atoms with Crippen molar-refractivity contribution in [3.05, 3.63) is 5.82 Å². The van der Waals surface area contributed by atoms with Gasteiger partial charge >= 0.3 is 0 Å². The van der Waals surface area contributed by atoms with Gasteiger partial charge in [0.2, 0.25) is 6.19 Å². The quantitative estimate of drug-likeness (QED) is 0.432. The fourth-order valence-corrected chi connectivity index (χ4v) is 0.324. The minimum atomic E-state index is -0.0995. The van der Waals surface area contributed by atoms with Gasteiger partial charge in [-0.3, -0.25) is 0 Å². The van der Waals surface area contributed by atoms with Crippen LogP contribution in [0, 0.1) is 22.8 Å². The molecule has 0 unspecified atom stereocenters. The van der Waals surface area contributed by atoms with Crippen molar-refractivity contribution in [3.63, 3.8) is 0 Å². The van der Waals surface area contributed by atoms with Crippen LogP contribution < -0.4 is 0 Å². The molecule has 0 saturated carbocycles. The Kier molecular flexibility index (Phi) is 1.09. The van der Waals surface area contributed by atoms with Gasteiger partial charge < -0.3 is 0 Å². The number of hydrogen-bond donors (Lipinski definition) is 0. The van der Waals surface area contributed by atoms with Gasteiger partial charge in [0, 0.05) is 0 Å². The Morgan fingerprint density at radius 1 is 1.44 bits per heavy atom. The molecule has 0 atom stereocenters. The lowest BCUT2D eigenvalue weighted by Gasteiger charge is -1.74. The molecule has 0 bridgehead atoms. The molecule has 0 aliphatic heterocycles. The maximum Gasteiger partial charge on any atom is 0.267 e. The van der Waals surface area contributed by atoms with Crippen LogP contribution in [0.5, 0.6) is 0 Å². The molecule has 0 fully saturated rings. The van der Waals surface area contributed by atoms with Crippen molar-refractivity contribution in [2.24, 2.45) is 0 Å². The predicted octanol–water partition coefficient (Wildman–Crippen LogP) is -1.13. The third-order valence-electron chi connectivity index (χ3n) is 0.664. The van der Waals surface area contributed by atoms with Gasteiger partial charge in [0.25, 0.3) is 5.82 Å². The molecule has 0 aliphatic rings. The number of nitrogens with zero attached hydrogens (tertiary/aromatic N) is 6. The van der Waals surface area contributed by atoms with Gasteiger partial charge in [-0.15, -0.1) is 4.68 Å². The first-order valence-electron chi connectivity index (χ1n) is 1.97. The van der Waals surface area contributed by atoms with Gasteiger partial charge in [0.1, 0.15) is 6.07 Å². The van der Waals surface area contributed by atoms with Gasteiger partial charge in [-0.25, -0.2) is 0 Å². The van der Waals surface area contributed by atoms with Gasteiger partial charge in [-0.05, 0) is 10.4 Å². The van der Waals surface area contributed by atoms with Gasteiger partial charge in [0.15, 0.2) is 0 Å². The monoisotopic (exact) mass is 120 g/mol. The summed E-state index contributed by atoms with van der Waals surface area (Å²) in [4.78, 5) is 0. The van der Waals surface area contributed by atoms with E-state index in [9.17, 15) is 0 Å². The van der Waals surface area contributed by atoms with E-state index in [0.29, 0.717) is 0 Å². The summed E-state index contributed by atoms with van der Waals surface area (Å²) in [7, 11) is 0. The lowest BCUT2D eigenvalue weighted by Crippen LogP contribution is -1.93. The van der Waals surface area contributed by atoms with Crippen LogP contribution in [0.3, 0.4) is 0 Å². The third-order valence-corrected chi connectivity index (χ3v) is 0.664. The zero-order valence-corrected chi connectivity index (χ0v) is 4.18. The van der Waals surface area contributed by atoms with Crippen LogP contribution in [0.4, 0.5) is 0 Å². The number of rotatable bonds is 0. The van der Waals surface area contributed by atoms with E-state index in [0.717, 1.165) is 4.68 Å². The first-order chi connectivity index (χ1) is 4.38. The van der Waals surface area contributed by atoms with Crippen molar-refractivity contribution < 1.29 is 0 Å². The Labute approximate surface area is 49.9 Å². The van der Waals surface area contributed by atoms with Crippen LogP contribution >= 0.6 is 0 Å². The summed E-state index contributed by atoms with van der Waals surface area (Å²) < 4.78 is 0.736. The van der Waals surface area contributed by atoms with Crippen molar-refractivity contribution in [1.82, 2.24) is 20.2 Å². The Balaban J connectivity index is 3.22. The van der Waals surface area contributed by atoms with Crippen LogP contribution in [0.1, 0.15) is 5.82 Å². The first kappa shape index (κ1) is 5.19. The normalized spacial score (nSPS) is 7.78. The molecule has 1 heterocycles. The van der Waals surface area contributed by atoms with E-state index in [1.165, 1.54) is 0 Å². The highest BCUT2D eigenvalue weighted by Crippen LogP contribution is 1.81. The van der Waals surface area contributed by atoms with Crippen molar-refractivity contribution in [3.8, 4) is 12.3 Å². The van der Waals surface area contributed by atoms with Gasteiger partial charge in [-0.2, -0.15) is 10.5 Å². The Morgan fingerprint density at radius 2 is 2.22 bits per heavy atom. The van der Waals surface area contributed by atoms with Gasteiger partial charge in [-0.1, -0.05) is 5.10 Å². The summed E-state index contributed by atoms with van der Waals surface area (Å²) in [6.07, 6.45) is 1.58. The summed E-state index contributed by atoms with van der Waals surface area (Å²) in [6, 6.07) is 1.63. The number of tetrazole rings is 1. The second-order valence-corrected chi connectivity index (χ2v) is 1.13. The molecule has 0 spiro atoms. The maximum atomic E-state index is 8.17. The van der Waals surface area contributed by atoms with E-state index in [2.05, 4.69) is 15.5 Å². The van der Waals surface area contributed by atoms with Crippen molar-refractivity contribution in [2.75, 3.05) is 0 Å². The number of aromatic nitrogens is 4. The van der Waals surface area contributed by atoms with Gasteiger partial charge in [0.05, 0.1) is 0 Å². The second kappa shape index (κ2) is 1.88. The average Bonchev–Trinajstić information content (AvgIpc) is 2.33. The van der Waals surface area contributed by atoms with E-state index in [1.807, 2.05) is 0 Å². The van der Waals surface area contributed by atoms with Crippen LogP contribution in [-0.2, 0) is 0 Å². The molecule has 0 radical (unpaired) electrons. The Morgan fingerprint density at radius 3 is 2.67 bits per heavy atom. The van der Waals surface area contributed by atoms with Crippen LogP contribution in [0.15, 0.2) is 0 Å². The molecule has 9 heavy (non-hydrogen) atoms. The molecule has 1 aromatic heterocycles. The lowest BCUT2D eigenvalue weighted by atomic mass is 10.7. The zero-order valence-electron chi connectivity index (χ0n) is 4.18. The average molecular weight is 120 g/mol. The van der Waals surface area contributed by atoms with Crippen LogP contribution in [-0.4, -0.2) is 20.2 Å². The number of hydrogen-bond acceptors (Lipinski definition) is 5. The molecule has 0 aliphatic carbocycles. The zero-order chi connectivity index (χ0) is 6.69. The predicted molar refractivity (Wildman–Crippen MR) is 23.5 cm³/mol. The minimum Gasteiger partial charge on any atom is -0.189 e. The molecule has 6 heteroatoms. The largest absolute Gasteiger partial charge is 0.267 e. The summed E-state index contributed by atoms with van der Waals surface area (Å²) >= 11 is 0. The van der Waals surface area contributed by atoms with Crippen LogP contribution in [0.2, 0.25) is 0 Å². The maximum absolute atomic E-state index is 8.17. The van der Waals surface area contributed by atoms with Crippen molar-refractivity contribution in [2.45, 2.75) is 0 Å². The highest BCUT2D eigenvalue weighted by Gasteiger charge is 1.99. The molecule has 42 valence electrons. The molecular weight excluding hydrogens is 120 g/mol. The molecule has 1 aromatic rings. The molecule has 0 N–H and O–H groups in total. The molecular formula is C3N6. The fourth-order valence-electron chi connectivity index (χ4n) is 0.324. The lowest BCUT2D eigenvalue weighted by molar-refractivity contribution is 0.796.